The minimum atomic E-state index is -0.899. The highest BCUT2D eigenvalue weighted by atomic mass is 19.1. The molecule has 0 unspecified atom stereocenters. The number of ether oxygens (including phenoxy) is 2. The number of nitrogens with one attached hydrogen (secondary N) is 1. The normalized spacial score (nSPS) is 16.2. The molecule has 0 spiro atoms. The number of hydrogen-bond acceptors (Lipinski definition) is 3. The third-order valence-electron chi connectivity index (χ3n) is 3.25. The first-order chi connectivity index (χ1) is 10.6. The van der Waals surface area contributed by atoms with Gasteiger partial charge in [0, 0.05) is 0 Å². The Labute approximate surface area is 125 Å². The van der Waals surface area contributed by atoms with E-state index < -0.39 is 29.2 Å². The van der Waals surface area contributed by atoms with Gasteiger partial charge in [0.1, 0.15) is 29.9 Å². The predicted octanol–water partition coefficient (Wildman–Crippen LogP) is 2.53. The van der Waals surface area contributed by atoms with E-state index in [1.54, 1.807) is 18.2 Å². The van der Waals surface area contributed by atoms with Crippen LogP contribution < -0.4 is 14.8 Å². The number of benzene rings is 2. The van der Waals surface area contributed by atoms with Gasteiger partial charge in [-0.25, -0.2) is 8.78 Å². The van der Waals surface area contributed by atoms with Crippen LogP contribution in [0.3, 0.4) is 0 Å². The van der Waals surface area contributed by atoms with Crippen molar-refractivity contribution in [2.75, 3.05) is 13.2 Å². The molecule has 0 aliphatic carbocycles. The van der Waals surface area contributed by atoms with E-state index in [9.17, 15) is 13.6 Å². The number of fused-ring (bicyclic) bond motifs is 1. The molecule has 0 radical (unpaired) electrons. The van der Waals surface area contributed by atoms with Gasteiger partial charge in [-0.15, -0.1) is 0 Å². The van der Waals surface area contributed by atoms with Crippen LogP contribution in [0.25, 0.3) is 0 Å². The van der Waals surface area contributed by atoms with Gasteiger partial charge in [-0.3, -0.25) is 4.79 Å². The molecule has 2 aromatic carbocycles. The lowest BCUT2D eigenvalue weighted by Gasteiger charge is -2.26. The molecular formula is C16H13F2NO3. The maximum atomic E-state index is 13.5. The van der Waals surface area contributed by atoms with Crippen LogP contribution in [0.15, 0.2) is 42.5 Å². The highest BCUT2D eigenvalue weighted by Crippen LogP contribution is 2.30. The molecule has 1 N–H and O–H groups in total. The third-order valence-corrected chi connectivity index (χ3v) is 3.25. The zero-order valence-electron chi connectivity index (χ0n) is 11.5. The Hall–Kier alpha value is -2.63. The van der Waals surface area contributed by atoms with Crippen LogP contribution in [0, 0.1) is 11.6 Å². The fourth-order valence-electron chi connectivity index (χ4n) is 2.17. The molecule has 0 fully saturated rings. The van der Waals surface area contributed by atoms with Crippen molar-refractivity contribution in [1.82, 2.24) is 5.32 Å². The first-order valence-corrected chi connectivity index (χ1v) is 6.76. The Bertz CT molecular complexity index is 685. The van der Waals surface area contributed by atoms with Crippen LogP contribution in [0.4, 0.5) is 8.78 Å². The van der Waals surface area contributed by atoms with Gasteiger partial charge in [-0.2, -0.15) is 0 Å². The van der Waals surface area contributed by atoms with E-state index in [1.807, 2.05) is 6.07 Å². The minimum Gasteiger partial charge on any atom is -0.486 e. The lowest BCUT2D eigenvalue weighted by Crippen LogP contribution is -2.41. The second-order valence-electron chi connectivity index (χ2n) is 4.80. The second kappa shape index (κ2) is 6.01. The van der Waals surface area contributed by atoms with Crippen molar-refractivity contribution >= 4 is 5.91 Å². The van der Waals surface area contributed by atoms with E-state index in [0.29, 0.717) is 11.5 Å². The maximum absolute atomic E-state index is 13.5. The van der Waals surface area contributed by atoms with E-state index in [1.165, 1.54) is 6.07 Å². The summed E-state index contributed by atoms with van der Waals surface area (Å²) < 4.78 is 38.2. The van der Waals surface area contributed by atoms with Crippen LogP contribution in [-0.4, -0.2) is 25.2 Å². The average molecular weight is 305 g/mol. The molecule has 3 rings (SSSR count). The van der Waals surface area contributed by atoms with Crippen molar-refractivity contribution in [3.8, 4) is 11.5 Å². The van der Waals surface area contributed by atoms with Crippen molar-refractivity contribution in [3.63, 3.8) is 0 Å². The van der Waals surface area contributed by atoms with Gasteiger partial charge >= 0.3 is 0 Å². The molecule has 0 bridgehead atoms. The van der Waals surface area contributed by atoms with Crippen molar-refractivity contribution in [2.24, 2.45) is 0 Å². The highest BCUT2D eigenvalue weighted by Gasteiger charge is 2.23. The summed E-state index contributed by atoms with van der Waals surface area (Å²) in [6.07, 6.45) is -0.423. The van der Waals surface area contributed by atoms with Crippen LogP contribution >= 0.6 is 0 Å². The fourth-order valence-corrected chi connectivity index (χ4v) is 2.17. The zero-order valence-corrected chi connectivity index (χ0v) is 11.5. The van der Waals surface area contributed by atoms with Crippen molar-refractivity contribution in [1.29, 1.82) is 0 Å². The van der Waals surface area contributed by atoms with Crippen molar-refractivity contribution < 1.29 is 23.0 Å². The number of halogens is 2. The number of carbonyl (C=O) groups excluding carboxylic acids is 1. The van der Waals surface area contributed by atoms with E-state index in [4.69, 9.17) is 9.47 Å². The Morgan fingerprint density at radius 2 is 1.77 bits per heavy atom. The zero-order chi connectivity index (χ0) is 15.5. The summed E-state index contributed by atoms with van der Waals surface area (Å²) in [6.45, 7) is 0.331. The molecule has 0 aromatic heterocycles. The first-order valence-electron chi connectivity index (χ1n) is 6.76. The number of carbonyl (C=O) groups is 1. The number of amides is 1. The van der Waals surface area contributed by atoms with Gasteiger partial charge in [-0.05, 0) is 24.3 Å². The lowest BCUT2D eigenvalue weighted by atomic mass is 10.2. The van der Waals surface area contributed by atoms with Gasteiger partial charge in [0.25, 0.3) is 5.91 Å². The van der Waals surface area contributed by atoms with Gasteiger partial charge < -0.3 is 14.8 Å². The molecule has 1 atom stereocenters. The molecule has 0 saturated heterocycles. The van der Waals surface area contributed by atoms with E-state index in [2.05, 4.69) is 5.32 Å². The molecule has 1 amide bonds. The van der Waals surface area contributed by atoms with Crippen LogP contribution in [0.5, 0.6) is 11.5 Å². The van der Waals surface area contributed by atoms with E-state index >= 15 is 0 Å². The Kier molecular flexibility index (Phi) is 3.91. The second-order valence-corrected chi connectivity index (χ2v) is 4.80. The van der Waals surface area contributed by atoms with Crippen LogP contribution in [-0.2, 0) is 0 Å². The monoisotopic (exact) mass is 305 g/mol. The lowest BCUT2D eigenvalue weighted by molar-refractivity contribution is 0.0784. The summed E-state index contributed by atoms with van der Waals surface area (Å²) in [5.41, 5.74) is -0.598. The van der Waals surface area contributed by atoms with Crippen molar-refractivity contribution in [3.05, 3.63) is 59.7 Å². The quantitative estimate of drug-likeness (QED) is 0.948. The fraction of sp³-hybridized carbons (Fsp3) is 0.188. The molecule has 0 saturated carbocycles. The summed E-state index contributed by atoms with van der Waals surface area (Å²) in [5.74, 6) is -1.42. The summed E-state index contributed by atoms with van der Waals surface area (Å²) >= 11 is 0. The Morgan fingerprint density at radius 3 is 2.50 bits per heavy atom. The molecule has 6 heteroatoms. The van der Waals surface area contributed by atoms with Crippen molar-refractivity contribution in [2.45, 2.75) is 6.10 Å². The summed E-state index contributed by atoms with van der Waals surface area (Å²) in [6, 6.07) is 10.4. The average Bonchev–Trinajstić information content (AvgIpc) is 2.52. The Balaban J connectivity index is 1.63. The Morgan fingerprint density at radius 1 is 1.09 bits per heavy atom. The molecule has 22 heavy (non-hydrogen) atoms. The molecule has 1 aliphatic heterocycles. The first kappa shape index (κ1) is 14.3. The van der Waals surface area contributed by atoms with Crippen LogP contribution in [0.1, 0.15) is 10.4 Å². The molecule has 114 valence electrons. The molecule has 2 aromatic rings. The van der Waals surface area contributed by atoms with Gasteiger partial charge in [0.05, 0.1) is 6.54 Å². The molecular weight excluding hydrogens is 292 g/mol. The van der Waals surface area contributed by atoms with Crippen LogP contribution in [0.2, 0.25) is 0 Å². The highest BCUT2D eigenvalue weighted by molar-refractivity contribution is 5.94. The number of hydrogen-bond donors (Lipinski definition) is 1. The third kappa shape index (κ3) is 2.86. The summed E-state index contributed by atoms with van der Waals surface area (Å²) in [5, 5.41) is 2.46. The number of rotatable bonds is 3. The van der Waals surface area contributed by atoms with Gasteiger partial charge in [0.2, 0.25) is 0 Å². The molecule has 1 aliphatic rings. The topological polar surface area (TPSA) is 47.6 Å². The maximum Gasteiger partial charge on any atom is 0.257 e. The standard InChI is InChI=1S/C16H13F2NO3/c17-11-4-3-5-12(18)15(11)16(20)19-8-10-9-21-13-6-1-2-7-14(13)22-10/h1-7,10H,8-9H2,(H,19,20)/t10-/m0/s1. The molecule has 4 nitrogen and oxygen atoms in total. The predicted molar refractivity (Wildman–Crippen MR) is 75.0 cm³/mol. The van der Waals surface area contributed by atoms with E-state index in [0.717, 1.165) is 12.1 Å². The van der Waals surface area contributed by atoms with Gasteiger partial charge in [0.15, 0.2) is 11.5 Å². The summed E-state index contributed by atoms with van der Waals surface area (Å²) in [7, 11) is 0. The van der Waals surface area contributed by atoms with Gasteiger partial charge in [-0.1, -0.05) is 18.2 Å². The smallest absolute Gasteiger partial charge is 0.257 e. The minimum absolute atomic E-state index is 0.0843. The molecule has 1 heterocycles. The SMILES string of the molecule is O=C(NC[C@H]1COc2ccccc2O1)c1c(F)cccc1F. The van der Waals surface area contributed by atoms with E-state index in [-0.39, 0.29) is 13.2 Å². The largest absolute Gasteiger partial charge is 0.486 e. The number of para-hydroxylation sites is 2. The summed E-state index contributed by atoms with van der Waals surface area (Å²) in [4.78, 5) is 11.9.